The van der Waals surface area contributed by atoms with Crippen LogP contribution in [0.15, 0.2) is 47.4 Å². The van der Waals surface area contributed by atoms with Gasteiger partial charge in [0.15, 0.2) is 0 Å². The molecule has 2 aromatic carbocycles. The van der Waals surface area contributed by atoms with Crippen LogP contribution in [0.1, 0.15) is 19.4 Å². The third-order valence-electron chi connectivity index (χ3n) is 3.38. The van der Waals surface area contributed by atoms with Crippen molar-refractivity contribution in [3.63, 3.8) is 0 Å². The van der Waals surface area contributed by atoms with Crippen molar-refractivity contribution in [2.24, 2.45) is 0 Å². The van der Waals surface area contributed by atoms with E-state index >= 15 is 0 Å². The predicted octanol–water partition coefficient (Wildman–Crippen LogP) is 3.02. The summed E-state index contributed by atoms with van der Waals surface area (Å²) in [5, 5.41) is 2.59. The van der Waals surface area contributed by atoms with Crippen molar-refractivity contribution in [1.29, 1.82) is 0 Å². The number of rotatable bonds is 6. The largest absolute Gasteiger partial charge is 0.495 e. The second-order valence-electron chi connectivity index (χ2n) is 5.20. The zero-order valence-electron chi connectivity index (χ0n) is 13.8. The first-order valence-corrected chi connectivity index (χ1v) is 8.91. The molecule has 0 fully saturated rings. The zero-order chi connectivity index (χ0) is 17.7. The third-order valence-corrected chi connectivity index (χ3v) is 4.76. The normalized spacial score (nSPS) is 11.0. The van der Waals surface area contributed by atoms with Crippen LogP contribution in [0.5, 0.6) is 5.75 Å². The molecule has 7 heteroatoms. The maximum absolute atomic E-state index is 12.5. The van der Waals surface area contributed by atoms with E-state index in [1.807, 2.05) is 13.0 Å². The lowest BCUT2D eigenvalue weighted by Gasteiger charge is -2.13. The Labute approximate surface area is 141 Å². The van der Waals surface area contributed by atoms with Gasteiger partial charge in [0, 0.05) is 18.7 Å². The standard InChI is InChI=1S/C17H20N2O4S/c1-4-13-6-5-7-14(10-13)19-24(21,22)15-8-9-16(18-12(2)20)17(11-15)23-3/h5-11,19H,4H2,1-3H3,(H,18,20). The molecular formula is C17H20N2O4S. The number of nitrogens with one attached hydrogen (secondary N) is 2. The van der Waals surface area contributed by atoms with Crippen LogP contribution < -0.4 is 14.8 Å². The molecule has 0 heterocycles. The number of benzene rings is 2. The van der Waals surface area contributed by atoms with Crippen molar-refractivity contribution in [1.82, 2.24) is 0 Å². The number of sulfonamides is 1. The van der Waals surface area contributed by atoms with Gasteiger partial charge in [0.1, 0.15) is 5.75 Å². The number of hydrogen-bond donors (Lipinski definition) is 2. The van der Waals surface area contributed by atoms with Crippen LogP contribution in [-0.2, 0) is 21.2 Å². The van der Waals surface area contributed by atoms with Crippen LogP contribution in [0.3, 0.4) is 0 Å². The molecular weight excluding hydrogens is 328 g/mol. The van der Waals surface area contributed by atoms with Crippen LogP contribution >= 0.6 is 0 Å². The Kier molecular flexibility index (Phi) is 5.46. The molecule has 0 atom stereocenters. The second-order valence-corrected chi connectivity index (χ2v) is 6.89. The van der Waals surface area contributed by atoms with Gasteiger partial charge in [-0.3, -0.25) is 9.52 Å². The lowest BCUT2D eigenvalue weighted by Crippen LogP contribution is -2.14. The Hall–Kier alpha value is -2.54. The van der Waals surface area contributed by atoms with Gasteiger partial charge in [-0.25, -0.2) is 8.42 Å². The quantitative estimate of drug-likeness (QED) is 0.840. The van der Waals surface area contributed by atoms with E-state index in [1.165, 1.54) is 32.2 Å². The third kappa shape index (κ3) is 4.26. The first-order chi connectivity index (χ1) is 11.4. The molecule has 0 radical (unpaired) electrons. The fourth-order valence-electron chi connectivity index (χ4n) is 2.20. The number of amides is 1. The number of anilines is 2. The van der Waals surface area contributed by atoms with Gasteiger partial charge in [0.25, 0.3) is 10.0 Å². The van der Waals surface area contributed by atoms with Gasteiger partial charge in [0.05, 0.1) is 17.7 Å². The van der Waals surface area contributed by atoms with Crippen LogP contribution in [0.25, 0.3) is 0 Å². The van der Waals surface area contributed by atoms with E-state index in [2.05, 4.69) is 10.0 Å². The first kappa shape index (κ1) is 17.8. The molecule has 0 saturated carbocycles. The Bertz CT molecular complexity index is 847. The summed E-state index contributed by atoms with van der Waals surface area (Å²) >= 11 is 0. The molecule has 2 aromatic rings. The van der Waals surface area contributed by atoms with Crippen molar-refractivity contribution >= 4 is 27.3 Å². The maximum atomic E-state index is 12.5. The van der Waals surface area contributed by atoms with Crippen LogP contribution in [0.4, 0.5) is 11.4 Å². The van der Waals surface area contributed by atoms with Crippen molar-refractivity contribution in [3.05, 3.63) is 48.0 Å². The Morgan fingerprint density at radius 1 is 1.17 bits per heavy atom. The first-order valence-electron chi connectivity index (χ1n) is 7.43. The fraction of sp³-hybridized carbons (Fsp3) is 0.235. The summed E-state index contributed by atoms with van der Waals surface area (Å²) < 4.78 is 32.8. The summed E-state index contributed by atoms with van der Waals surface area (Å²) in [6.07, 6.45) is 0.814. The summed E-state index contributed by atoms with van der Waals surface area (Å²) in [4.78, 5) is 11.2. The van der Waals surface area contributed by atoms with E-state index in [4.69, 9.17) is 4.74 Å². The number of aryl methyl sites for hydroxylation is 1. The monoisotopic (exact) mass is 348 g/mol. The minimum atomic E-state index is -3.76. The highest BCUT2D eigenvalue weighted by Gasteiger charge is 2.17. The molecule has 0 aromatic heterocycles. The molecule has 0 aliphatic carbocycles. The second kappa shape index (κ2) is 7.35. The molecule has 0 saturated heterocycles. The predicted molar refractivity (Wildman–Crippen MR) is 93.9 cm³/mol. The van der Waals surface area contributed by atoms with E-state index in [1.54, 1.807) is 18.2 Å². The summed E-state index contributed by atoms with van der Waals surface area (Å²) in [6.45, 7) is 3.37. The van der Waals surface area contributed by atoms with E-state index in [0.717, 1.165) is 12.0 Å². The van der Waals surface area contributed by atoms with E-state index in [9.17, 15) is 13.2 Å². The average molecular weight is 348 g/mol. The molecule has 0 unspecified atom stereocenters. The highest BCUT2D eigenvalue weighted by Crippen LogP contribution is 2.28. The highest BCUT2D eigenvalue weighted by atomic mass is 32.2. The van der Waals surface area contributed by atoms with E-state index in [-0.39, 0.29) is 16.6 Å². The SMILES string of the molecule is CCc1cccc(NS(=O)(=O)c2ccc(NC(C)=O)c(OC)c2)c1. The van der Waals surface area contributed by atoms with Crippen molar-refractivity contribution in [2.75, 3.05) is 17.1 Å². The summed E-state index contributed by atoms with van der Waals surface area (Å²) in [6, 6.07) is 11.5. The van der Waals surface area contributed by atoms with Gasteiger partial charge in [-0.15, -0.1) is 0 Å². The van der Waals surface area contributed by atoms with Crippen molar-refractivity contribution in [3.8, 4) is 5.75 Å². The smallest absolute Gasteiger partial charge is 0.262 e. The summed E-state index contributed by atoms with van der Waals surface area (Å²) in [7, 11) is -2.35. The minimum Gasteiger partial charge on any atom is -0.495 e. The molecule has 128 valence electrons. The van der Waals surface area contributed by atoms with Crippen LogP contribution in [0.2, 0.25) is 0 Å². The molecule has 2 rings (SSSR count). The Balaban J connectivity index is 2.33. The molecule has 0 bridgehead atoms. The molecule has 2 N–H and O–H groups in total. The van der Waals surface area contributed by atoms with Gasteiger partial charge in [0.2, 0.25) is 5.91 Å². The lowest BCUT2D eigenvalue weighted by atomic mass is 10.1. The van der Waals surface area contributed by atoms with Crippen molar-refractivity contribution in [2.45, 2.75) is 25.2 Å². The summed E-state index contributed by atoms with van der Waals surface area (Å²) in [5.74, 6) is 0.00815. The Morgan fingerprint density at radius 2 is 1.92 bits per heavy atom. The summed E-state index contributed by atoms with van der Waals surface area (Å²) in [5.41, 5.74) is 1.95. The van der Waals surface area contributed by atoms with Gasteiger partial charge in [-0.2, -0.15) is 0 Å². The molecule has 0 aliphatic rings. The minimum absolute atomic E-state index is 0.0513. The van der Waals surface area contributed by atoms with E-state index < -0.39 is 10.0 Å². The fourth-order valence-corrected chi connectivity index (χ4v) is 3.26. The van der Waals surface area contributed by atoms with Crippen molar-refractivity contribution < 1.29 is 17.9 Å². The van der Waals surface area contributed by atoms with E-state index in [0.29, 0.717) is 11.4 Å². The lowest BCUT2D eigenvalue weighted by molar-refractivity contribution is -0.114. The van der Waals surface area contributed by atoms with Gasteiger partial charge < -0.3 is 10.1 Å². The number of carbonyl (C=O) groups excluding carboxylic acids is 1. The highest BCUT2D eigenvalue weighted by molar-refractivity contribution is 7.92. The number of carbonyl (C=O) groups is 1. The molecule has 24 heavy (non-hydrogen) atoms. The molecule has 6 nitrogen and oxygen atoms in total. The average Bonchev–Trinajstić information content (AvgIpc) is 2.54. The topological polar surface area (TPSA) is 84.5 Å². The molecule has 1 amide bonds. The number of ether oxygens (including phenoxy) is 1. The Morgan fingerprint density at radius 3 is 2.54 bits per heavy atom. The van der Waals surface area contributed by atoms with Crippen LogP contribution in [-0.4, -0.2) is 21.4 Å². The maximum Gasteiger partial charge on any atom is 0.262 e. The van der Waals surface area contributed by atoms with Crippen LogP contribution in [0, 0.1) is 0 Å². The number of methoxy groups -OCH3 is 1. The number of hydrogen-bond acceptors (Lipinski definition) is 4. The van der Waals surface area contributed by atoms with Gasteiger partial charge in [-0.1, -0.05) is 19.1 Å². The van der Waals surface area contributed by atoms with Gasteiger partial charge >= 0.3 is 0 Å². The molecule has 0 aliphatic heterocycles. The zero-order valence-corrected chi connectivity index (χ0v) is 14.6. The molecule has 0 spiro atoms. The van der Waals surface area contributed by atoms with Gasteiger partial charge in [-0.05, 0) is 36.2 Å².